The molecule has 0 spiro atoms. The molecule has 0 fully saturated rings. The van der Waals surface area contributed by atoms with Gasteiger partial charge < -0.3 is 14.2 Å². The first-order chi connectivity index (χ1) is 7.06. The summed E-state index contributed by atoms with van der Waals surface area (Å²) >= 11 is 0. The summed E-state index contributed by atoms with van der Waals surface area (Å²) in [5.74, 6) is 0.205. The molecule has 0 aromatic carbocycles. The first-order valence-electron chi connectivity index (χ1n) is 4.32. The fraction of sp³-hybridized carbons (Fsp3) is 1.00. The van der Waals surface area contributed by atoms with Gasteiger partial charge in [0.25, 0.3) is 0 Å². The average Bonchev–Trinajstić information content (AvgIpc) is 2.14. The van der Waals surface area contributed by atoms with Crippen molar-refractivity contribution in [2.24, 2.45) is 0 Å². The maximum absolute atomic E-state index is 10.3. The highest BCUT2D eigenvalue weighted by atomic mass is 33.1. The van der Waals surface area contributed by atoms with Gasteiger partial charge in [0, 0.05) is 12.9 Å². The van der Waals surface area contributed by atoms with Gasteiger partial charge in [-0.3, -0.25) is 4.55 Å². The summed E-state index contributed by atoms with van der Waals surface area (Å²) in [7, 11) is -1.90. The van der Waals surface area contributed by atoms with Crippen molar-refractivity contribution in [2.75, 3.05) is 45.9 Å². The summed E-state index contributed by atoms with van der Waals surface area (Å²) in [4.78, 5) is 0. The van der Waals surface area contributed by atoms with Gasteiger partial charge >= 0.3 is 9.15 Å². The fourth-order valence-corrected chi connectivity index (χ4v) is 1.89. The standard InChI is InChI=1S/C7H16O6S2/c1-11-2-3-12-4-5-13-6-7-14-15(8,9)10/h2-7H2,1H3,(H,8,9,10). The SMILES string of the molecule is COCCOCCOCCSS(=O)(=O)O. The van der Waals surface area contributed by atoms with Crippen molar-refractivity contribution >= 4 is 19.9 Å². The van der Waals surface area contributed by atoms with Crippen LogP contribution in [0.15, 0.2) is 0 Å². The molecule has 0 bridgehead atoms. The first-order valence-corrected chi connectivity index (χ1v) is 7.27. The van der Waals surface area contributed by atoms with E-state index in [0.717, 1.165) is 0 Å². The summed E-state index contributed by atoms with van der Waals surface area (Å²) in [6, 6.07) is 0. The van der Waals surface area contributed by atoms with Crippen LogP contribution in [0, 0.1) is 0 Å². The van der Waals surface area contributed by atoms with Crippen molar-refractivity contribution in [1.29, 1.82) is 0 Å². The maximum Gasteiger partial charge on any atom is 0.319 e. The van der Waals surface area contributed by atoms with Crippen molar-refractivity contribution < 1.29 is 27.2 Å². The third-order valence-electron chi connectivity index (χ3n) is 1.26. The Morgan fingerprint density at radius 2 is 1.60 bits per heavy atom. The van der Waals surface area contributed by atoms with E-state index >= 15 is 0 Å². The van der Waals surface area contributed by atoms with Gasteiger partial charge in [-0.05, 0) is 10.8 Å². The van der Waals surface area contributed by atoms with E-state index in [4.69, 9.17) is 18.8 Å². The average molecular weight is 260 g/mol. The number of hydrogen-bond donors (Lipinski definition) is 1. The van der Waals surface area contributed by atoms with Crippen LogP contribution in [0.5, 0.6) is 0 Å². The Morgan fingerprint density at radius 1 is 1.07 bits per heavy atom. The van der Waals surface area contributed by atoms with Crippen LogP contribution < -0.4 is 0 Å². The minimum Gasteiger partial charge on any atom is -0.382 e. The lowest BCUT2D eigenvalue weighted by Gasteiger charge is -2.04. The molecule has 0 aromatic heterocycles. The lowest BCUT2D eigenvalue weighted by molar-refractivity contribution is 0.0286. The topological polar surface area (TPSA) is 82.1 Å². The Morgan fingerprint density at radius 3 is 2.13 bits per heavy atom. The van der Waals surface area contributed by atoms with E-state index in [0.29, 0.717) is 37.2 Å². The number of ether oxygens (including phenoxy) is 3. The van der Waals surface area contributed by atoms with E-state index in [1.54, 1.807) is 7.11 Å². The fourth-order valence-electron chi connectivity index (χ4n) is 0.662. The van der Waals surface area contributed by atoms with E-state index in [1.165, 1.54) is 0 Å². The molecular weight excluding hydrogens is 244 g/mol. The smallest absolute Gasteiger partial charge is 0.319 e. The molecule has 0 rings (SSSR count). The first kappa shape index (κ1) is 15.1. The summed E-state index contributed by atoms with van der Waals surface area (Å²) < 4.78 is 43.8. The normalized spacial score (nSPS) is 11.9. The third kappa shape index (κ3) is 14.1. The number of methoxy groups -OCH3 is 1. The second-order valence-electron chi connectivity index (χ2n) is 2.47. The molecule has 6 nitrogen and oxygen atoms in total. The van der Waals surface area contributed by atoms with Gasteiger partial charge in [0.2, 0.25) is 0 Å². The van der Waals surface area contributed by atoms with Gasteiger partial charge in [-0.2, -0.15) is 8.42 Å². The highest BCUT2D eigenvalue weighted by Crippen LogP contribution is 2.07. The van der Waals surface area contributed by atoms with Crippen molar-refractivity contribution in [3.05, 3.63) is 0 Å². The molecule has 0 unspecified atom stereocenters. The zero-order chi connectivity index (χ0) is 11.6. The van der Waals surface area contributed by atoms with Gasteiger partial charge in [0.05, 0.1) is 33.0 Å². The molecule has 0 heterocycles. The second kappa shape index (κ2) is 9.37. The molecule has 92 valence electrons. The molecule has 1 N–H and O–H groups in total. The largest absolute Gasteiger partial charge is 0.382 e. The van der Waals surface area contributed by atoms with Crippen LogP contribution in [0.2, 0.25) is 0 Å². The zero-order valence-corrected chi connectivity index (χ0v) is 10.2. The van der Waals surface area contributed by atoms with Crippen molar-refractivity contribution in [1.82, 2.24) is 0 Å². The molecule has 0 saturated carbocycles. The van der Waals surface area contributed by atoms with Gasteiger partial charge in [0.15, 0.2) is 0 Å². The van der Waals surface area contributed by atoms with Gasteiger partial charge in [-0.15, -0.1) is 0 Å². The van der Waals surface area contributed by atoms with Crippen LogP contribution >= 0.6 is 10.8 Å². The molecule has 0 aliphatic heterocycles. The molecule has 15 heavy (non-hydrogen) atoms. The Balaban J connectivity index is 3.06. The Hall–Kier alpha value is 0.140. The lowest BCUT2D eigenvalue weighted by Crippen LogP contribution is -2.10. The van der Waals surface area contributed by atoms with E-state index in [2.05, 4.69) is 0 Å². The molecular formula is C7H16O6S2. The molecule has 0 atom stereocenters. The van der Waals surface area contributed by atoms with Gasteiger partial charge in [-0.1, -0.05) is 0 Å². The highest BCUT2D eigenvalue weighted by Gasteiger charge is 2.03. The number of hydrogen-bond acceptors (Lipinski definition) is 6. The third-order valence-corrected chi connectivity index (χ3v) is 3.29. The monoisotopic (exact) mass is 260 g/mol. The summed E-state index contributed by atoms with van der Waals surface area (Å²) in [6.45, 7) is 2.16. The van der Waals surface area contributed by atoms with E-state index in [-0.39, 0.29) is 12.4 Å². The van der Waals surface area contributed by atoms with E-state index in [1.807, 2.05) is 0 Å². The van der Waals surface area contributed by atoms with Crippen molar-refractivity contribution in [3.8, 4) is 0 Å². The Labute approximate surface area is 93.4 Å². The zero-order valence-electron chi connectivity index (χ0n) is 8.55. The Kier molecular flexibility index (Phi) is 9.46. The van der Waals surface area contributed by atoms with Crippen LogP contribution in [0.3, 0.4) is 0 Å². The summed E-state index contributed by atoms with van der Waals surface area (Å²) in [5, 5.41) is 0. The van der Waals surface area contributed by atoms with Gasteiger partial charge in [-0.25, -0.2) is 0 Å². The molecule has 0 aromatic rings. The van der Waals surface area contributed by atoms with E-state index < -0.39 is 9.15 Å². The van der Waals surface area contributed by atoms with Crippen molar-refractivity contribution in [2.45, 2.75) is 0 Å². The Bertz CT molecular complexity index is 228. The van der Waals surface area contributed by atoms with Crippen molar-refractivity contribution in [3.63, 3.8) is 0 Å². The summed E-state index contributed by atoms with van der Waals surface area (Å²) in [6.07, 6.45) is 0. The molecule has 0 amide bonds. The van der Waals surface area contributed by atoms with Crippen LogP contribution in [-0.4, -0.2) is 58.9 Å². The molecule has 0 aliphatic carbocycles. The predicted molar refractivity (Wildman–Crippen MR) is 57.5 cm³/mol. The quantitative estimate of drug-likeness (QED) is 0.341. The molecule has 0 aliphatic rings. The van der Waals surface area contributed by atoms with Gasteiger partial charge in [0.1, 0.15) is 0 Å². The van der Waals surface area contributed by atoms with Crippen LogP contribution in [-0.2, 0) is 23.4 Å². The maximum atomic E-state index is 10.3. The van der Waals surface area contributed by atoms with E-state index in [9.17, 15) is 8.42 Å². The highest BCUT2D eigenvalue weighted by molar-refractivity contribution is 8.69. The predicted octanol–water partition coefficient (Wildman–Crippen LogP) is 0.202. The van der Waals surface area contributed by atoms with Crippen LogP contribution in [0.25, 0.3) is 0 Å². The summed E-state index contributed by atoms with van der Waals surface area (Å²) in [5.41, 5.74) is 0. The minimum atomic E-state index is -3.94. The molecule has 8 heteroatoms. The molecule has 0 saturated heterocycles. The minimum absolute atomic E-state index is 0.205. The van der Waals surface area contributed by atoms with Crippen LogP contribution in [0.1, 0.15) is 0 Å². The second-order valence-corrected chi connectivity index (χ2v) is 5.94. The van der Waals surface area contributed by atoms with Crippen LogP contribution in [0.4, 0.5) is 0 Å². The number of rotatable bonds is 10. The molecule has 0 radical (unpaired) electrons. The lowest BCUT2D eigenvalue weighted by atomic mass is 10.7.